The fourth-order valence-electron chi connectivity index (χ4n) is 2.43. The maximum Gasteiger partial charge on any atom is 0.340 e. The number of carbonyl (C=O) groups is 1. The standard InChI is InChI=1S/C14H20N2O2/c1-18-14(17)12-8-11(6-7-13(12)15)16-9-10-4-2-3-5-10/h6-8,10,16H,2-5,9,15H2,1H3. The second-order valence-corrected chi connectivity index (χ2v) is 4.82. The molecule has 0 bridgehead atoms. The van der Waals surface area contributed by atoms with Crippen LogP contribution in [0.15, 0.2) is 18.2 Å². The van der Waals surface area contributed by atoms with E-state index in [9.17, 15) is 4.79 Å². The van der Waals surface area contributed by atoms with Gasteiger partial charge in [-0.3, -0.25) is 0 Å². The van der Waals surface area contributed by atoms with Crippen LogP contribution in [-0.2, 0) is 4.74 Å². The third-order valence-electron chi connectivity index (χ3n) is 3.53. The molecule has 3 N–H and O–H groups in total. The lowest BCUT2D eigenvalue weighted by atomic mass is 10.1. The predicted molar refractivity (Wildman–Crippen MR) is 72.6 cm³/mol. The number of carbonyl (C=O) groups excluding carboxylic acids is 1. The molecule has 18 heavy (non-hydrogen) atoms. The quantitative estimate of drug-likeness (QED) is 0.635. The lowest BCUT2D eigenvalue weighted by molar-refractivity contribution is 0.0602. The minimum Gasteiger partial charge on any atom is -0.465 e. The predicted octanol–water partition coefficient (Wildman–Crippen LogP) is 2.66. The van der Waals surface area contributed by atoms with E-state index >= 15 is 0 Å². The average molecular weight is 248 g/mol. The number of nitrogen functional groups attached to an aromatic ring is 1. The van der Waals surface area contributed by atoms with Crippen LogP contribution in [-0.4, -0.2) is 19.6 Å². The number of rotatable bonds is 4. The van der Waals surface area contributed by atoms with E-state index in [-0.39, 0.29) is 0 Å². The zero-order valence-corrected chi connectivity index (χ0v) is 10.7. The SMILES string of the molecule is COC(=O)c1cc(NCC2CCCC2)ccc1N. The van der Waals surface area contributed by atoms with Crippen molar-refractivity contribution in [2.75, 3.05) is 24.7 Å². The number of nitrogens with one attached hydrogen (secondary N) is 1. The smallest absolute Gasteiger partial charge is 0.340 e. The lowest BCUT2D eigenvalue weighted by Crippen LogP contribution is -2.12. The van der Waals surface area contributed by atoms with Crippen LogP contribution in [0.4, 0.5) is 11.4 Å². The lowest BCUT2D eigenvalue weighted by Gasteiger charge is -2.13. The van der Waals surface area contributed by atoms with Crippen LogP contribution in [0.25, 0.3) is 0 Å². The topological polar surface area (TPSA) is 64.3 Å². The maximum absolute atomic E-state index is 11.5. The van der Waals surface area contributed by atoms with Gasteiger partial charge in [0.05, 0.1) is 12.7 Å². The highest BCUT2D eigenvalue weighted by atomic mass is 16.5. The summed E-state index contributed by atoms with van der Waals surface area (Å²) >= 11 is 0. The second-order valence-electron chi connectivity index (χ2n) is 4.82. The molecule has 0 unspecified atom stereocenters. The summed E-state index contributed by atoms with van der Waals surface area (Å²) in [7, 11) is 1.36. The number of nitrogens with two attached hydrogens (primary N) is 1. The van der Waals surface area contributed by atoms with Gasteiger partial charge in [0.1, 0.15) is 0 Å². The van der Waals surface area contributed by atoms with Gasteiger partial charge in [0, 0.05) is 17.9 Å². The van der Waals surface area contributed by atoms with Crippen molar-refractivity contribution < 1.29 is 9.53 Å². The number of hydrogen-bond donors (Lipinski definition) is 2. The first-order valence-electron chi connectivity index (χ1n) is 6.42. The Balaban J connectivity index is 2.02. The van der Waals surface area contributed by atoms with E-state index in [1.807, 2.05) is 6.07 Å². The van der Waals surface area contributed by atoms with Crippen molar-refractivity contribution in [2.24, 2.45) is 5.92 Å². The largest absolute Gasteiger partial charge is 0.465 e. The molecule has 0 aliphatic heterocycles. The molecule has 4 heteroatoms. The van der Waals surface area contributed by atoms with Gasteiger partial charge in [0.2, 0.25) is 0 Å². The fourth-order valence-corrected chi connectivity index (χ4v) is 2.43. The summed E-state index contributed by atoms with van der Waals surface area (Å²) in [4.78, 5) is 11.5. The van der Waals surface area contributed by atoms with Crippen LogP contribution in [0.3, 0.4) is 0 Å². The summed E-state index contributed by atoms with van der Waals surface area (Å²) in [5.41, 5.74) is 7.56. The molecule has 98 valence electrons. The monoisotopic (exact) mass is 248 g/mol. The van der Waals surface area contributed by atoms with Gasteiger partial charge in [-0.2, -0.15) is 0 Å². The van der Waals surface area contributed by atoms with Crippen molar-refractivity contribution in [1.82, 2.24) is 0 Å². The summed E-state index contributed by atoms with van der Waals surface area (Å²) < 4.78 is 4.70. The normalized spacial score (nSPS) is 15.6. The van der Waals surface area contributed by atoms with Crippen LogP contribution in [0.2, 0.25) is 0 Å². The molecule has 1 saturated carbocycles. The minimum atomic E-state index is -0.392. The zero-order chi connectivity index (χ0) is 13.0. The molecule has 0 amide bonds. The number of ether oxygens (including phenoxy) is 1. The Hall–Kier alpha value is -1.71. The zero-order valence-electron chi connectivity index (χ0n) is 10.7. The first kappa shape index (κ1) is 12.7. The van der Waals surface area contributed by atoms with Gasteiger partial charge in [-0.15, -0.1) is 0 Å². The van der Waals surface area contributed by atoms with Crippen LogP contribution in [0.5, 0.6) is 0 Å². The highest BCUT2D eigenvalue weighted by Crippen LogP contribution is 2.25. The van der Waals surface area contributed by atoms with Gasteiger partial charge in [-0.05, 0) is 37.0 Å². The van der Waals surface area contributed by atoms with Crippen molar-refractivity contribution in [3.8, 4) is 0 Å². The fraction of sp³-hybridized carbons (Fsp3) is 0.500. The summed E-state index contributed by atoms with van der Waals surface area (Å²) in [6.45, 7) is 0.963. The Labute approximate surface area is 108 Å². The number of hydrogen-bond acceptors (Lipinski definition) is 4. The summed E-state index contributed by atoms with van der Waals surface area (Å²) in [5.74, 6) is 0.362. The molecule has 1 fully saturated rings. The molecule has 2 rings (SSSR count). The number of anilines is 2. The Morgan fingerprint density at radius 1 is 1.44 bits per heavy atom. The van der Waals surface area contributed by atoms with Gasteiger partial charge in [0.15, 0.2) is 0 Å². The summed E-state index contributed by atoms with van der Waals surface area (Å²) in [6.07, 6.45) is 5.26. The van der Waals surface area contributed by atoms with Crippen LogP contribution < -0.4 is 11.1 Å². The molecule has 0 aromatic heterocycles. The molecular formula is C14H20N2O2. The van der Waals surface area contributed by atoms with Gasteiger partial charge >= 0.3 is 5.97 Å². The molecule has 1 aliphatic carbocycles. The summed E-state index contributed by atoms with van der Waals surface area (Å²) in [6, 6.07) is 5.40. The van der Waals surface area contributed by atoms with Gasteiger partial charge in [0.25, 0.3) is 0 Å². The third kappa shape index (κ3) is 2.94. The average Bonchev–Trinajstić information content (AvgIpc) is 2.90. The minimum absolute atomic E-state index is 0.392. The highest BCUT2D eigenvalue weighted by Gasteiger charge is 2.15. The van der Waals surface area contributed by atoms with Crippen molar-refractivity contribution in [1.29, 1.82) is 0 Å². The molecule has 0 atom stereocenters. The molecule has 1 aliphatic rings. The van der Waals surface area contributed by atoms with Crippen molar-refractivity contribution in [3.05, 3.63) is 23.8 Å². The molecule has 0 spiro atoms. The van der Waals surface area contributed by atoms with E-state index in [2.05, 4.69) is 5.32 Å². The van der Waals surface area contributed by atoms with Crippen molar-refractivity contribution in [2.45, 2.75) is 25.7 Å². The Bertz CT molecular complexity index is 426. The molecule has 0 heterocycles. The van der Waals surface area contributed by atoms with Crippen LogP contribution in [0.1, 0.15) is 36.0 Å². The highest BCUT2D eigenvalue weighted by molar-refractivity contribution is 5.96. The number of benzene rings is 1. The van der Waals surface area contributed by atoms with Gasteiger partial charge < -0.3 is 15.8 Å². The third-order valence-corrected chi connectivity index (χ3v) is 3.53. The number of methoxy groups -OCH3 is 1. The molecule has 1 aromatic rings. The van der Waals surface area contributed by atoms with E-state index in [0.717, 1.165) is 18.2 Å². The Kier molecular flexibility index (Phi) is 4.07. The van der Waals surface area contributed by atoms with E-state index < -0.39 is 5.97 Å². The molecule has 1 aromatic carbocycles. The van der Waals surface area contributed by atoms with E-state index in [0.29, 0.717) is 11.3 Å². The first-order chi connectivity index (χ1) is 8.70. The van der Waals surface area contributed by atoms with E-state index in [1.165, 1.54) is 32.8 Å². The van der Waals surface area contributed by atoms with Crippen molar-refractivity contribution in [3.63, 3.8) is 0 Å². The van der Waals surface area contributed by atoms with E-state index in [4.69, 9.17) is 10.5 Å². The van der Waals surface area contributed by atoms with E-state index in [1.54, 1.807) is 12.1 Å². The second kappa shape index (κ2) is 5.76. The summed E-state index contributed by atoms with van der Waals surface area (Å²) in [5, 5.41) is 3.37. The molecular weight excluding hydrogens is 228 g/mol. The molecule has 0 saturated heterocycles. The Morgan fingerprint density at radius 3 is 2.83 bits per heavy atom. The first-order valence-corrected chi connectivity index (χ1v) is 6.42. The van der Waals surface area contributed by atoms with Gasteiger partial charge in [-0.1, -0.05) is 12.8 Å². The molecule has 0 radical (unpaired) electrons. The Morgan fingerprint density at radius 2 is 2.17 bits per heavy atom. The van der Waals surface area contributed by atoms with Gasteiger partial charge in [-0.25, -0.2) is 4.79 Å². The maximum atomic E-state index is 11.5. The number of esters is 1. The van der Waals surface area contributed by atoms with Crippen molar-refractivity contribution >= 4 is 17.3 Å². The van der Waals surface area contributed by atoms with Crippen LogP contribution in [0, 0.1) is 5.92 Å². The van der Waals surface area contributed by atoms with Crippen LogP contribution >= 0.6 is 0 Å². The molecule has 4 nitrogen and oxygen atoms in total.